The summed E-state index contributed by atoms with van der Waals surface area (Å²) in [4.78, 5) is 23.1. The highest BCUT2D eigenvalue weighted by Gasteiger charge is 2.11. The van der Waals surface area contributed by atoms with Gasteiger partial charge in [0.05, 0.1) is 0 Å². The third-order valence-electron chi connectivity index (χ3n) is 7.97. The van der Waals surface area contributed by atoms with Gasteiger partial charge in [-0.15, -0.1) is 0 Å². The number of hydrogen-bond donors (Lipinski definition) is 1. The lowest BCUT2D eigenvalue weighted by Gasteiger charge is -2.15. The number of esters is 1. The summed E-state index contributed by atoms with van der Waals surface area (Å²) < 4.78 is 5.79. The van der Waals surface area contributed by atoms with Crippen molar-refractivity contribution in [2.24, 2.45) is 0 Å². The van der Waals surface area contributed by atoms with Crippen molar-refractivity contribution in [2.45, 2.75) is 206 Å². The van der Waals surface area contributed by atoms with Crippen molar-refractivity contribution >= 4 is 11.9 Å². The van der Waals surface area contributed by atoms with Gasteiger partial charge >= 0.3 is 11.9 Å². The van der Waals surface area contributed by atoms with Gasteiger partial charge in [0.2, 0.25) is 0 Å². The molecule has 0 aliphatic carbocycles. The van der Waals surface area contributed by atoms with Crippen LogP contribution in [0.5, 0.6) is 0 Å². The van der Waals surface area contributed by atoms with Crippen LogP contribution in [0.4, 0.5) is 0 Å². The summed E-state index contributed by atoms with van der Waals surface area (Å²) in [5, 5.41) is 8.76. The third kappa shape index (κ3) is 31.2. The lowest BCUT2D eigenvalue weighted by molar-refractivity contribution is -0.147. The van der Waals surface area contributed by atoms with Crippen molar-refractivity contribution in [3.63, 3.8) is 0 Å². The molecule has 1 unspecified atom stereocenters. The van der Waals surface area contributed by atoms with E-state index in [9.17, 15) is 9.59 Å². The van der Waals surface area contributed by atoms with Gasteiger partial charge in [0, 0.05) is 12.8 Å². The summed E-state index contributed by atoms with van der Waals surface area (Å²) >= 11 is 0. The molecule has 0 aromatic carbocycles. The molecular formula is C36H68O4. The van der Waals surface area contributed by atoms with Crippen molar-refractivity contribution in [1.29, 1.82) is 0 Å². The van der Waals surface area contributed by atoms with Gasteiger partial charge in [-0.25, -0.2) is 0 Å². The molecule has 0 aromatic heterocycles. The smallest absolute Gasteiger partial charge is 0.306 e. The summed E-state index contributed by atoms with van der Waals surface area (Å²) in [5.74, 6) is -0.788. The Kier molecular flexibility index (Phi) is 31.1. The zero-order valence-corrected chi connectivity index (χ0v) is 26.9. The first-order valence-corrected chi connectivity index (χ1v) is 17.7. The van der Waals surface area contributed by atoms with Crippen molar-refractivity contribution < 1.29 is 19.4 Å². The number of allylic oxidation sites excluding steroid dienone is 1. The van der Waals surface area contributed by atoms with E-state index >= 15 is 0 Å². The molecule has 1 atom stereocenters. The highest BCUT2D eigenvalue weighted by atomic mass is 16.5. The van der Waals surface area contributed by atoms with Crippen LogP contribution in [0.15, 0.2) is 12.2 Å². The number of carboxylic acids is 1. The first-order valence-electron chi connectivity index (χ1n) is 17.7. The number of carboxylic acid groups (broad SMARTS) is 1. The SMILES string of the molecule is CCCC/C=C\C(CCCCCCC(=O)O)OC(=O)CCCCCCCCCCCCCCCCCCCCC. The molecule has 0 aliphatic rings. The molecule has 0 heterocycles. The van der Waals surface area contributed by atoms with Crippen LogP contribution in [0.1, 0.15) is 200 Å². The van der Waals surface area contributed by atoms with Crippen LogP contribution < -0.4 is 0 Å². The number of unbranched alkanes of at least 4 members (excludes halogenated alkanes) is 23. The van der Waals surface area contributed by atoms with Crippen LogP contribution >= 0.6 is 0 Å². The molecule has 0 fully saturated rings. The van der Waals surface area contributed by atoms with E-state index in [1.165, 1.54) is 109 Å². The largest absolute Gasteiger partial charge is 0.481 e. The fraction of sp³-hybridized carbons (Fsp3) is 0.889. The lowest BCUT2D eigenvalue weighted by Crippen LogP contribution is -2.16. The van der Waals surface area contributed by atoms with Gasteiger partial charge in [-0.3, -0.25) is 9.59 Å². The van der Waals surface area contributed by atoms with Gasteiger partial charge in [0.25, 0.3) is 0 Å². The maximum Gasteiger partial charge on any atom is 0.306 e. The maximum atomic E-state index is 12.4. The van der Waals surface area contributed by atoms with Gasteiger partial charge < -0.3 is 9.84 Å². The van der Waals surface area contributed by atoms with Gasteiger partial charge in [-0.05, 0) is 38.2 Å². The van der Waals surface area contributed by atoms with E-state index in [1.807, 2.05) is 0 Å². The average molecular weight is 565 g/mol. The van der Waals surface area contributed by atoms with Crippen molar-refractivity contribution in [2.75, 3.05) is 0 Å². The number of aliphatic carboxylic acids is 1. The Morgan fingerprint density at radius 3 is 1.40 bits per heavy atom. The minimum absolute atomic E-state index is 0.0667. The van der Waals surface area contributed by atoms with E-state index in [0.717, 1.165) is 64.2 Å². The Morgan fingerprint density at radius 2 is 0.950 bits per heavy atom. The zero-order chi connectivity index (χ0) is 29.4. The molecule has 0 saturated heterocycles. The average Bonchev–Trinajstić information content (AvgIpc) is 2.93. The Hall–Kier alpha value is -1.32. The van der Waals surface area contributed by atoms with Crippen LogP contribution in [0.3, 0.4) is 0 Å². The molecule has 1 N–H and O–H groups in total. The van der Waals surface area contributed by atoms with Gasteiger partial charge in [-0.2, -0.15) is 0 Å². The Morgan fingerprint density at radius 1 is 0.550 bits per heavy atom. The topological polar surface area (TPSA) is 63.6 Å². The molecule has 0 bridgehead atoms. The number of ether oxygens (including phenoxy) is 1. The molecule has 0 rings (SSSR count). The number of carbonyl (C=O) groups is 2. The van der Waals surface area contributed by atoms with Crippen molar-refractivity contribution in [3.8, 4) is 0 Å². The van der Waals surface area contributed by atoms with Crippen molar-refractivity contribution in [3.05, 3.63) is 12.2 Å². The Labute approximate surface area is 249 Å². The second-order valence-electron chi connectivity index (χ2n) is 12.1. The number of carbonyl (C=O) groups excluding carboxylic acids is 1. The van der Waals surface area contributed by atoms with Crippen LogP contribution in [0, 0.1) is 0 Å². The van der Waals surface area contributed by atoms with Crippen LogP contribution in [-0.4, -0.2) is 23.1 Å². The van der Waals surface area contributed by atoms with E-state index in [1.54, 1.807) is 0 Å². The highest BCUT2D eigenvalue weighted by molar-refractivity contribution is 5.69. The van der Waals surface area contributed by atoms with Gasteiger partial charge in [-0.1, -0.05) is 161 Å². The normalized spacial score (nSPS) is 12.2. The summed E-state index contributed by atoms with van der Waals surface area (Å²) in [5.41, 5.74) is 0. The zero-order valence-electron chi connectivity index (χ0n) is 26.9. The predicted molar refractivity (Wildman–Crippen MR) is 172 cm³/mol. The van der Waals surface area contributed by atoms with Gasteiger partial charge in [0.15, 0.2) is 0 Å². The minimum Gasteiger partial charge on any atom is -0.481 e. The van der Waals surface area contributed by atoms with E-state index in [2.05, 4.69) is 26.0 Å². The van der Waals surface area contributed by atoms with Gasteiger partial charge in [0.1, 0.15) is 6.10 Å². The Bertz CT molecular complexity index is 571. The highest BCUT2D eigenvalue weighted by Crippen LogP contribution is 2.16. The maximum absolute atomic E-state index is 12.4. The molecule has 0 saturated carbocycles. The van der Waals surface area contributed by atoms with E-state index in [4.69, 9.17) is 9.84 Å². The van der Waals surface area contributed by atoms with E-state index in [-0.39, 0.29) is 18.5 Å². The first kappa shape index (κ1) is 38.7. The predicted octanol–water partition coefficient (Wildman–Crippen LogP) is 11.9. The molecule has 4 nitrogen and oxygen atoms in total. The standard InChI is InChI=1S/C36H68O4/c1-3-5-7-9-10-11-12-13-14-15-16-17-18-19-20-21-22-23-29-33-36(39)40-34(30-26-8-6-4-2)31-27-24-25-28-32-35(37)38/h26,30,34H,3-25,27-29,31-33H2,1-2H3,(H,37,38)/b30-26-. The summed E-state index contributed by atoms with van der Waals surface area (Å²) in [6.45, 7) is 4.47. The molecule has 4 heteroatoms. The molecule has 0 aromatic rings. The molecule has 0 radical (unpaired) electrons. The summed E-state index contributed by atoms with van der Waals surface area (Å²) in [6.07, 6.45) is 38.4. The quantitative estimate of drug-likeness (QED) is 0.0501. The van der Waals surface area contributed by atoms with E-state index < -0.39 is 5.97 Å². The summed E-state index contributed by atoms with van der Waals surface area (Å²) in [7, 11) is 0. The van der Waals surface area contributed by atoms with Crippen LogP contribution in [0.25, 0.3) is 0 Å². The molecule has 40 heavy (non-hydrogen) atoms. The third-order valence-corrected chi connectivity index (χ3v) is 7.97. The molecule has 0 amide bonds. The fourth-order valence-corrected chi connectivity index (χ4v) is 5.32. The molecule has 0 spiro atoms. The van der Waals surface area contributed by atoms with Crippen LogP contribution in [0.2, 0.25) is 0 Å². The number of rotatable bonds is 32. The number of hydrogen-bond acceptors (Lipinski definition) is 3. The molecule has 0 aliphatic heterocycles. The van der Waals surface area contributed by atoms with Crippen molar-refractivity contribution in [1.82, 2.24) is 0 Å². The minimum atomic E-state index is -0.722. The fourth-order valence-electron chi connectivity index (χ4n) is 5.32. The second kappa shape index (κ2) is 32.2. The van der Waals surface area contributed by atoms with E-state index in [0.29, 0.717) is 6.42 Å². The molecule has 236 valence electrons. The lowest BCUT2D eigenvalue weighted by atomic mass is 10.0. The Balaban J connectivity index is 3.67. The van der Waals surface area contributed by atoms with Crippen LogP contribution in [-0.2, 0) is 14.3 Å². The first-order chi connectivity index (χ1) is 19.6. The molecular weight excluding hydrogens is 496 g/mol. The monoisotopic (exact) mass is 565 g/mol. The summed E-state index contributed by atoms with van der Waals surface area (Å²) in [6, 6.07) is 0. The second-order valence-corrected chi connectivity index (χ2v) is 12.1.